The molecule has 2 nitrogen and oxygen atoms in total. The Kier molecular flexibility index (Phi) is 9.42. The SMILES string of the molecule is CCCCCNCCCN(C)C(C)C. The molecule has 0 aromatic rings. The molecule has 14 heavy (non-hydrogen) atoms. The number of hydrogen-bond donors (Lipinski definition) is 1. The fraction of sp³-hybridized carbons (Fsp3) is 1.00. The molecular weight excluding hydrogens is 172 g/mol. The van der Waals surface area contributed by atoms with Gasteiger partial charge in [0.25, 0.3) is 0 Å². The predicted octanol–water partition coefficient (Wildman–Crippen LogP) is 2.50. The first-order valence-electron chi connectivity index (χ1n) is 6.09. The fourth-order valence-corrected chi connectivity index (χ4v) is 1.34. The Balaban J connectivity index is 3.06. The van der Waals surface area contributed by atoms with Crippen LogP contribution in [0, 0.1) is 0 Å². The molecule has 0 saturated carbocycles. The van der Waals surface area contributed by atoms with Crippen LogP contribution in [-0.4, -0.2) is 37.6 Å². The van der Waals surface area contributed by atoms with Crippen LogP contribution in [0.15, 0.2) is 0 Å². The number of hydrogen-bond acceptors (Lipinski definition) is 2. The summed E-state index contributed by atoms with van der Waals surface area (Å²) in [6.45, 7) is 10.3. The van der Waals surface area contributed by atoms with Gasteiger partial charge in [-0.15, -0.1) is 0 Å². The number of nitrogens with one attached hydrogen (secondary N) is 1. The molecule has 0 saturated heterocycles. The minimum atomic E-state index is 0.676. The van der Waals surface area contributed by atoms with Crippen LogP contribution in [0.3, 0.4) is 0 Å². The summed E-state index contributed by atoms with van der Waals surface area (Å²) in [7, 11) is 2.20. The Morgan fingerprint density at radius 1 is 1.07 bits per heavy atom. The summed E-state index contributed by atoms with van der Waals surface area (Å²) in [6.07, 6.45) is 5.27. The third-order valence-electron chi connectivity index (χ3n) is 2.70. The number of unbranched alkanes of at least 4 members (excludes halogenated alkanes) is 2. The first-order chi connectivity index (χ1) is 6.68. The minimum absolute atomic E-state index is 0.676. The third-order valence-corrected chi connectivity index (χ3v) is 2.70. The van der Waals surface area contributed by atoms with E-state index in [-0.39, 0.29) is 0 Å². The molecule has 0 fully saturated rings. The quantitative estimate of drug-likeness (QED) is 0.575. The van der Waals surface area contributed by atoms with Crippen molar-refractivity contribution in [3.05, 3.63) is 0 Å². The van der Waals surface area contributed by atoms with Crippen LogP contribution in [-0.2, 0) is 0 Å². The normalized spacial score (nSPS) is 11.6. The zero-order valence-electron chi connectivity index (χ0n) is 10.5. The summed E-state index contributed by atoms with van der Waals surface area (Å²) in [5, 5.41) is 3.49. The highest BCUT2D eigenvalue weighted by molar-refractivity contribution is 4.58. The summed E-state index contributed by atoms with van der Waals surface area (Å²) in [5.41, 5.74) is 0. The van der Waals surface area contributed by atoms with E-state index in [4.69, 9.17) is 0 Å². The van der Waals surface area contributed by atoms with E-state index < -0.39 is 0 Å². The topological polar surface area (TPSA) is 15.3 Å². The van der Waals surface area contributed by atoms with Crippen LogP contribution in [0.4, 0.5) is 0 Å². The standard InChI is InChI=1S/C12H28N2/c1-5-6-7-9-13-10-8-11-14(4)12(2)3/h12-13H,5-11H2,1-4H3. The molecule has 0 amide bonds. The smallest absolute Gasteiger partial charge is 0.00355 e. The lowest BCUT2D eigenvalue weighted by Crippen LogP contribution is -2.29. The minimum Gasteiger partial charge on any atom is -0.317 e. The molecule has 0 aliphatic rings. The van der Waals surface area contributed by atoms with Crippen molar-refractivity contribution in [3.8, 4) is 0 Å². The maximum atomic E-state index is 3.49. The van der Waals surface area contributed by atoms with Crippen molar-refractivity contribution in [3.63, 3.8) is 0 Å². The lowest BCUT2D eigenvalue weighted by molar-refractivity contribution is 0.269. The highest BCUT2D eigenvalue weighted by atomic mass is 15.1. The van der Waals surface area contributed by atoms with E-state index >= 15 is 0 Å². The molecule has 0 aliphatic heterocycles. The van der Waals surface area contributed by atoms with Crippen molar-refractivity contribution in [2.45, 2.75) is 52.5 Å². The molecule has 0 atom stereocenters. The Bertz CT molecular complexity index is 113. The van der Waals surface area contributed by atoms with E-state index in [1.54, 1.807) is 0 Å². The number of rotatable bonds is 9. The Hall–Kier alpha value is -0.0800. The van der Waals surface area contributed by atoms with Gasteiger partial charge in [-0.1, -0.05) is 19.8 Å². The zero-order chi connectivity index (χ0) is 10.8. The van der Waals surface area contributed by atoms with Gasteiger partial charge in [-0.2, -0.15) is 0 Å². The summed E-state index contributed by atoms with van der Waals surface area (Å²) in [5.74, 6) is 0. The van der Waals surface area contributed by atoms with Crippen molar-refractivity contribution in [1.82, 2.24) is 10.2 Å². The predicted molar refractivity (Wildman–Crippen MR) is 64.8 cm³/mol. The van der Waals surface area contributed by atoms with Crippen LogP contribution >= 0.6 is 0 Å². The second-order valence-electron chi connectivity index (χ2n) is 4.39. The van der Waals surface area contributed by atoms with Gasteiger partial charge in [0.05, 0.1) is 0 Å². The third kappa shape index (κ3) is 8.52. The van der Waals surface area contributed by atoms with Gasteiger partial charge in [-0.3, -0.25) is 0 Å². The molecule has 0 aliphatic carbocycles. The zero-order valence-corrected chi connectivity index (χ0v) is 10.5. The summed E-state index contributed by atoms with van der Waals surface area (Å²) in [6, 6.07) is 0.676. The molecule has 0 unspecified atom stereocenters. The van der Waals surface area contributed by atoms with Crippen molar-refractivity contribution < 1.29 is 0 Å². The monoisotopic (exact) mass is 200 g/mol. The Morgan fingerprint density at radius 2 is 1.71 bits per heavy atom. The molecule has 0 radical (unpaired) electrons. The molecule has 0 bridgehead atoms. The van der Waals surface area contributed by atoms with Gasteiger partial charge in [0.2, 0.25) is 0 Å². The summed E-state index contributed by atoms with van der Waals surface area (Å²) in [4.78, 5) is 2.40. The Labute approximate surface area is 90.1 Å². The van der Waals surface area contributed by atoms with Gasteiger partial charge in [0, 0.05) is 6.04 Å². The van der Waals surface area contributed by atoms with Crippen molar-refractivity contribution >= 4 is 0 Å². The lowest BCUT2D eigenvalue weighted by Gasteiger charge is -2.20. The maximum Gasteiger partial charge on any atom is 0.00355 e. The van der Waals surface area contributed by atoms with Crippen molar-refractivity contribution in [2.24, 2.45) is 0 Å². The summed E-state index contributed by atoms with van der Waals surface area (Å²) < 4.78 is 0. The van der Waals surface area contributed by atoms with Crippen LogP contribution < -0.4 is 5.32 Å². The van der Waals surface area contributed by atoms with Gasteiger partial charge >= 0.3 is 0 Å². The number of nitrogens with zero attached hydrogens (tertiary/aromatic N) is 1. The van der Waals surface area contributed by atoms with Crippen molar-refractivity contribution in [1.29, 1.82) is 0 Å². The van der Waals surface area contributed by atoms with Crippen molar-refractivity contribution in [2.75, 3.05) is 26.7 Å². The lowest BCUT2D eigenvalue weighted by atomic mass is 10.2. The molecule has 86 valence electrons. The van der Waals surface area contributed by atoms with Crippen LogP contribution in [0.25, 0.3) is 0 Å². The van der Waals surface area contributed by atoms with Gasteiger partial charge < -0.3 is 10.2 Å². The first kappa shape index (κ1) is 13.9. The molecular formula is C12H28N2. The van der Waals surface area contributed by atoms with Crippen LogP contribution in [0.5, 0.6) is 0 Å². The second-order valence-corrected chi connectivity index (χ2v) is 4.39. The van der Waals surface area contributed by atoms with E-state index in [0.29, 0.717) is 6.04 Å². The average Bonchev–Trinajstić information content (AvgIpc) is 2.16. The first-order valence-corrected chi connectivity index (χ1v) is 6.09. The van der Waals surface area contributed by atoms with Gasteiger partial charge in [-0.05, 0) is 53.4 Å². The van der Waals surface area contributed by atoms with E-state index in [0.717, 1.165) is 0 Å². The molecule has 0 aromatic heterocycles. The van der Waals surface area contributed by atoms with Gasteiger partial charge in [0.15, 0.2) is 0 Å². The maximum absolute atomic E-state index is 3.49. The van der Waals surface area contributed by atoms with E-state index in [2.05, 4.69) is 38.0 Å². The Morgan fingerprint density at radius 3 is 2.29 bits per heavy atom. The average molecular weight is 200 g/mol. The van der Waals surface area contributed by atoms with Gasteiger partial charge in [0.1, 0.15) is 0 Å². The molecule has 1 N–H and O–H groups in total. The highest BCUT2D eigenvalue weighted by Crippen LogP contribution is 1.95. The van der Waals surface area contributed by atoms with Crippen LogP contribution in [0.2, 0.25) is 0 Å². The van der Waals surface area contributed by atoms with E-state index in [1.165, 1.54) is 45.3 Å². The van der Waals surface area contributed by atoms with E-state index in [9.17, 15) is 0 Å². The molecule has 0 aromatic carbocycles. The van der Waals surface area contributed by atoms with Gasteiger partial charge in [-0.25, -0.2) is 0 Å². The molecule has 0 heterocycles. The van der Waals surface area contributed by atoms with Crippen LogP contribution in [0.1, 0.15) is 46.5 Å². The van der Waals surface area contributed by atoms with E-state index in [1.807, 2.05) is 0 Å². The highest BCUT2D eigenvalue weighted by Gasteiger charge is 2.00. The fourth-order valence-electron chi connectivity index (χ4n) is 1.34. The molecule has 0 rings (SSSR count). The summed E-state index contributed by atoms with van der Waals surface area (Å²) >= 11 is 0. The molecule has 0 spiro atoms. The second kappa shape index (κ2) is 9.47. The largest absolute Gasteiger partial charge is 0.317 e. The molecule has 2 heteroatoms.